The molecule has 1 aromatic carbocycles. The molecule has 0 fully saturated rings. The summed E-state index contributed by atoms with van der Waals surface area (Å²) in [5, 5.41) is 6.12. The second kappa shape index (κ2) is 5.31. The number of hydrogen-bond donors (Lipinski definition) is 1. The lowest BCUT2D eigenvalue weighted by atomic mass is 10.1. The van der Waals surface area contributed by atoms with Gasteiger partial charge in [-0.3, -0.25) is 9.89 Å². The van der Waals surface area contributed by atoms with Gasteiger partial charge in [-0.15, -0.1) is 0 Å². The molecule has 8 heteroatoms. The zero-order valence-electron chi connectivity index (χ0n) is 11.2. The molecule has 0 atom stereocenters. The van der Waals surface area contributed by atoms with Crippen molar-refractivity contribution in [3.63, 3.8) is 0 Å². The van der Waals surface area contributed by atoms with Crippen LogP contribution in [-0.2, 0) is 19.1 Å². The second-order valence-electron chi connectivity index (χ2n) is 5.02. The average molecular weight is 330 g/mol. The van der Waals surface area contributed by atoms with Crippen molar-refractivity contribution in [2.45, 2.75) is 19.1 Å². The monoisotopic (exact) mass is 329 g/mol. The van der Waals surface area contributed by atoms with Crippen LogP contribution in [0.1, 0.15) is 27.2 Å². The summed E-state index contributed by atoms with van der Waals surface area (Å²) in [7, 11) is 0. The van der Waals surface area contributed by atoms with Gasteiger partial charge in [0.05, 0.1) is 34.6 Å². The summed E-state index contributed by atoms with van der Waals surface area (Å²) in [4.78, 5) is 13.9. The van der Waals surface area contributed by atoms with Crippen LogP contribution in [0.4, 0.5) is 13.2 Å². The van der Waals surface area contributed by atoms with Gasteiger partial charge in [0.2, 0.25) is 0 Å². The number of carbonyl (C=O) groups is 1. The maximum absolute atomic E-state index is 12.9. The highest BCUT2D eigenvalue weighted by molar-refractivity contribution is 6.34. The van der Waals surface area contributed by atoms with Gasteiger partial charge in [0, 0.05) is 6.54 Å². The molecule has 116 valence electrons. The summed E-state index contributed by atoms with van der Waals surface area (Å²) in [6.07, 6.45) is -2.30. The van der Waals surface area contributed by atoms with E-state index in [-0.39, 0.29) is 12.1 Å². The molecular formula is C14H11ClF3N3O. The standard InChI is InChI=1S/C14H11ClF3N3O/c15-12-9(2-1-3-10(12)14(16,17)18)13(22)21-5-4-8-6-19-20-11(8)7-21/h1-3,6H,4-5,7H2,(H,19,20). The predicted octanol–water partition coefficient (Wildman–Crippen LogP) is 3.28. The van der Waals surface area contributed by atoms with Crippen LogP contribution in [0, 0.1) is 0 Å². The smallest absolute Gasteiger partial charge is 0.332 e. The molecule has 0 bridgehead atoms. The van der Waals surface area contributed by atoms with Gasteiger partial charge in [-0.25, -0.2) is 0 Å². The topological polar surface area (TPSA) is 49.0 Å². The maximum atomic E-state index is 12.9. The normalized spacial score (nSPS) is 14.8. The highest BCUT2D eigenvalue weighted by Crippen LogP contribution is 2.36. The fraction of sp³-hybridized carbons (Fsp3) is 0.286. The van der Waals surface area contributed by atoms with E-state index in [0.717, 1.165) is 17.3 Å². The van der Waals surface area contributed by atoms with Crippen LogP contribution in [0.2, 0.25) is 5.02 Å². The lowest BCUT2D eigenvalue weighted by molar-refractivity contribution is -0.137. The number of hydrogen-bond acceptors (Lipinski definition) is 2. The van der Waals surface area contributed by atoms with Crippen LogP contribution >= 0.6 is 11.6 Å². The van der Waals surface area contributed by atoms with Crippen LogP contribution in [0.5, 0.6) is 0 Å². The van der Waals surface area contributed by atoms with Gasteiger partial charge < -0.3 is 4.90 Å². The first-order valence-corrected chi connectivity index (χ1v) is 6.92. The molecule has 0 aliphatic carbocycles. The van der Waals surface area contributed by atoms with Crippen LogP contribution in [0.15, 0.2) is 24.4 Å². The van der Waals surface area contributed by atoms with Crippen molar-refractivity contribution >= 4 is 17.5 Å². The number of nitrogens with zero attached hydrogens (tertiary/aromatic N) is 2. The number of rotatable bonds is 1. The number of alkyl halides is 3. The van der Waals surface area contributed by atoms with Crippen molar-refractivity contribution in [3.05, 3.63) is 51.8 Å². The Kier molecular flexibility index (Phi) is 3.60. The Labute approximate surface area is 128 Å². The minimum atomic E-state index is -4.59. The van der Waals surface area contributed by atoms with Gasteiger partial charge in [-0.2, -0.15) is 18.3 Å². The molecule has 1 amide bonds. The SMILES string of the molecule is O=C(c1cccc(C(F)(F)F)c1Cl)N1CCc2cn[nH]c2C1. The van der Waals surface area contributed by atoms with Crippen molar-refractivity contribution in [2.75, 3.05) is 6.54 Å². The lowest BCUT2D eigenvalue weighted by Crippen LogP contribution is -2.36. The van der Waals surface area contributed by atoms with Gasteiger partial charge in [0.25, 0.3) is 5.91 Å². The van der Waals surface area contributed by atoms with Crippen LogP contribution in [0.3, 0.4) is 0 Å². The number of fused-ring (bicyclic) bond motifs is 1. The van der Waals surface area contributed by atoms with Crippen molar-refractivity contribution in [3.8, 4) is 0 Å². The van der Waals surface area contributed by atoms with Crippen molar-refractivity contribution in [1.29, 1.82) is 0 Å². The molecular weight excluding hydrogens is 319 g/mol. The molecule has 22 heavy (non-hydrogen) atoms. The zero-order valence-corrected chi connectivity index (χ0v) is 12.0. The molecule has 2 aromatic rings. The van der Waals surface area contributed by atoms with Crippen molar-refractivity contribution in [2.24, 2.45) is 0 Å². The number of carbonyl (C=O) groups excluding carboxylic acids is 1. The van der Waals surface area contributed by atoms with E-state index in [1.807, 2.05) is 0 Å². The van der Waals surface area contributed by atoms with Gasteiger partial charge >= 0.3 is 6.18 Å². The first-order chi connectivity index (χ1) is 10.4. The zero-order chi connectivity index (χ0) is 15.9. The Balaban J connectivity index is 1.91. The molecule has 2 heterocycles. The van der Waals surface area contributed by atoms with E-state index >= 15 is 0 Å². The predicted molar refractivity (Wildman–Crippen MR) is 73.5 cm³/mol. The number of nitrogens with one attached hydrogen (secondary N) is 1. The number of H-pyrrole nitrogens is 1. The summed E-state index contributed by atoms with van der Waals surface area (Å²) in [5.41, 5.74) is 0.667. The summed E-state index contributed by atoms with van der Waals surface area (Å²) >= 11 is 5.80. The molecule has 4 nitrogen and oxygen atoms in total. The number of amides is 1. The van der Waals surface area contributed by atoms with Gasteiger partial charge in [-0.05, 0) is 24.1 Å². The number of benzene rings is 1. The van der Waals surface area contributed by atoms with Gasteiger partial charge in [0.1, 0.15) is 0 Å². The minimum Gasteiger partial charge on any atom is -0.332 e. The van der Waals surface area contributed by atoms with E-state index < -0.39 is 22.7 Å². The van der Waals surface area contributed by atoms with Gasteiger partial charge in [-0.1, -0.05) is 17.7 Å². The van der Waals surface area contributed by atoms with E-state index in [1.54, 1.807) is 6.20 Å². The largest absolute Gasteiger partial charge is 0.417 e. The van der Waals surface area contributed by atoms with Gasteiger partial charge in [0.15, 0.2) is 0 Å². The number of aromatic amines is 1. The third-order valence-electron chi connectivity index (χ3n) is 3.63. The third-order valence-corrected chi connectivity index (χ3v) is 4.04. The Morgan fingerprint density at radius 1 is 1.36 bits per heavy atom. The highest BCUT2D eigenvalue weighted by Gasteiger charge is 2.35. The number of aromatic nitrogens is 2. The Bertz CT molecular complexity index is 726. The summed E-state index contributed by atoms with van der Waals surface area (Å²) < 4.78 is 38.6. The first kappa shape index (κ1) is 14.9. The fourth-order valence-corrected chi connectivity index (χ4v) is 2.79. The van der Waals surface area contributed by atoms with Crippen LogP contribution in [0.25, 0.3) is 0 Å². The van der Waals surface area contributed by atoms with E-state index in [1.165, 1.54) is 17.0 Å². The molecule has 0 saturated heterocycles. The molecule has 0 spiro atoms. The Morgan fingerprint density at radius 3 is 2.86 bits per heavy atom. The summed E-state index contributed by atoms with van der Waals surface area (Å²) in [5.74, 6) is -0.517. The molecule has 3 rings (SSSR count). The first-order valence-electron chi connectivity index (χ1n) is 6.54. The maximum Gasteiger partial charge on any atom is 0.417 e. The molecule has 0 unspecified atom stereocenters. The minimum absolute atomic E-state index is 0.139. The van der Waals surface area contributed by atoms with E-state index in [9.17, 15) is 18.0 Å². The average Bonchev–Trinajstić information content (AvgIpc) is 2.93. The molecule has 1 N–H and O–H groups in total. The quantitative estimate of drug-likeness (QED) is 0.873. The fourth-order valence-electron chi connectivity index (χ4n) is 2.48. The van der Waals surface area contributed by atoms with Crippen molar-refractivity contribution in [1.82, 2.24) is 15.1 Å². The Hall–Kier alpha value is -2.02. The highest BCUT2D eigenvalue weighted by atomic mass is 35.5. The van der Waals surface area contributed by atoms with Crippen LogP contribution < -0.4 is 0 Å². The summed E-state index contributed by atoms with van der Waals surface area (Å²) in [6, 6.07) is 3.36. The van der Waals surface area contributed by atoms with E-state index in [2.05, 4.69) is 10.2 Å². The lowest BCUT2D eigenvalue weighted by Gasteiger charge is -2.27. The molecule has 1 aromatic heterocycles. The Morgan fingerprint density at radius 2 is 2.14 bits per heavy atom. The van der Waals surface area contributed by atoms with Crippen LogP contribution in [-0.4, -0.2) is 27.5 Å². The molecule has 0 saturated carbocycles. The van der Waals surface area contributed by atoms with E-state index in [0.29, 0.717) is 13.0 Å². The van der Waals surface area contributed by atoms with E-state index in [4.69, 9.17) is 11.6 Å². The molecule has 1 aliphatic rings. The molecule has 0 radical (unpaired) electrons. The third kappa shape index (κ3) is 2.56. The summed E-state index contributed by atoms with van der Waals surface area (Å²) in [6.45, 7) is 0.693. The molecule has 1 aliphatic heterocycles. The number of halogens is 4. The second-order valence-corrected chi connectivity index (χ2v) is 5.39. The van der Waals surface area contributed by atoms with Crippen molar-refractivity contribution < 1.29 is 18.0 Å².